The van der Waals surface area contributed by atoms with Gasteiger partial charge in [-0.15, -0.1) is 0 Å². The summed E-state index contributed by atoms with van der Waals surface area (Å²) in [5, 5.41) is 19.0. The number of benzene rings is 3. The SMILES string of the molecule is COc1ccc(/C=N\NC(=O)C(=O)Nc2cccc3ccccc23)cc1[N+](=O)[O-]. The number of hydrogen-bond acceptors (Lipinski definition) is 6. The molecule has 3 aromatic rings. The van der Waals surface area contributed by atoms with E-state index in [2.05, 4.69) is 15.8 Å². The zero-order chi connectivity index (χ0) is 20.8. The van der Waals surface area contributed by atoms with Crippen LogP contribution in [0.5, 0.6) is 5.75 Å². The summed E-state index contributed by atoms with van der Waals surface area (Å²) in [7, 11) is 1.32. The Kier molecular flexibility index (Phi) is 5.79. The molecule has 3 aromatic carbocycles. The summed E-state index contributed by atoms with van der Waals surface area (Å²) in [5.74, 6) is -1.76. The minimum Gasteiger partial charge on any atom is -0.490 e. The number of rotatable bonds is 5. The highest BCUT2D eigenvalue weighted by Crippen LogP contribution is 2.27. The molecule has 0 radical (unpaired) electrons. The van der Waals surface area contributed by atoms with Crippen LogP contribution in [0.1, 0.15) is 5.56 Å². The Balaban J connectivity index is 1.66. The Morgan fingerprint density at radius 2 is 1.83 bits per heavy atom. The molecule has 0 unspecified atom stereocenters. The van der Waals surface area contributed by atoms with Crippen molar-refractivity contribution >= 4 is 40.2 Å². The second-order valence-corrected chi connectivity index (χ2v) is 5.87. The molecule has 0 atom stereocenters. The second-order valence-electron chi connectivity index (χ2n) is 5.87. The molecule has 146 valence electrons. The fourth-order valence-corrected chi connectivity index (χ4v) is 2.66. The standard InChI is InChI=1S/C20H16N4O5/c1-29-18-10-9-13(11-17(18)24(27)28)12-21-23-20(26)19(25)22-16-8-4-6-14-5-2-3-7-15(14)16/h2-12H,1H3,(H,22,25)(H,23,26)/b21-12-. The van der Waals surface area contributed by atoms with Crippen molar-refractivity contribution in [2.75, 3.05) is 12.4 Å². The molecule has 29 heavy (non-hydrogen) atoms. The maximum absolute atomic E-state index is 12.1. The zero-order valence-corrected chi connectivity index (χ0v) is 15.3. The van der Waals surface area contributed by atoms with E-state index in [0.717, 1.165) is 10.8 Å². The van der Waals surface area contributed by atoms with Crippen LogP contribution in [0.3, 0.4) is 0 Å². The molecule has 0 spiro atoms. The highest BCUT2D eigenvalue weighted by molar-refractivity contribution is 6.40. The maximum atomic E-state index is 12.1. The third-order valence-corrected chi connectivity index (χ3v) is 4.02. The van der Waals surface area contributed by atoms with Crippen LogP contribution in [0.2, 0.25) is 0 Å². The molecule has 3 rings (SSSR count). The van der Waals surface area contributed by atoms with Crippen LogP contribution in [0.25, 0.3) is 10.8 Å². The van der Waals surface area contributed by atoms with Gasteiger partial charge in [0.25, 0.3) is 0 Å². The van der Waals surface area contributed by atoms with E-state index < -0.39 is 16.7 Å². The van der Waals surface area contributed by atoms with Gasteiger partial charge in [0.15, 0.2) is 5.75 Å². The van der Waals surface area contributed by atoms with Gasteiger partial charge < -0.3 is 10.1 Å². The number of fused-ring (bicyclic) bond motifs is 1. The molecule has 0 bridgehead atoms. The number of nitrogens with one attached hydrogen (secondary N) is 2. The Labute approximate surface area is 165 Å². The molecular formula is C20H16N4O5. The maximum Gasteiger partial charge on any atom is 0.329 e. The monoisotopic (exact) mass is 392 g/mol. The van der Waals surface area contributed by atoms with Gasteiger partial charge in [0, 0.05) is 22.7 Å². The zero-order valence-electron chi connectivity index (χ0n) is 15.3. The number of hydrazone groups is 1. The normalized spacial score (nSPS) is 10.7. The molecule has 9 nitrogen and oxygen atoms in total. The lowest BCUT2D eigenvalue weighted by atomic mass is 10.1. The molecule has 0 aliphatic carbocycles. The minimum absolute atomic E-state index is 0.102. The van der Waals surface area contributed by atoms with E-state index in [1.165, 1.54) is 31.5 Å². The van der Waals surface area contributed by atoms with Gasteiger partial charge in [-0.2, -0.15) is 5.10 Å². The summed E-state index contributed by atoms with van der Waals surface area (Å²) in [5.41, 5.74) is 2.71. The highest BCUT2D eigenvalue weighted by Gasteiger charge is 2.16. The summed E-state index contributed by atoms with van der Waals surface area (Å²) in [6.07, 6.45) is 1.19. The molecule has 0 heterocycles. The Morgan fingerprint density at radius 3 is 2.59 bits per heavy atom. The first-order chi connectivity index (χ1) is 14.0. The fourth-order valence-electron chi connectivity index (χ4n) is 2.66. The van der Waals surface area contributed by atoms with Crippen molar-refractivity contribution in [3.8, 4) is 5.75 Å². The molecule has 0 aromatic heterocycles. The lowest BCUT2D eigenvalue weighted by molar-refractivity contribution is -0.385. The average molecular weight is 392 g/mol. The van der Waals surface area contributed by atoms with Crippen molar-refractivity contribution in [1.29, 1.82) is 0 Å². The number of carbonyl (C=O) groups is 2. The molecule has 9 heteroatoms. The summed E-state index contributed by atoms with van der Waals surface area (Å²) < 4.78 is 4.91. The topological polar surface area (TPSA) is 123 Å². The predicted molar refractivity (Wildman–Crippen MR) is 108 cm³/mol. The molecule has 0 aliphatic rings. The fraction of sp³-hybridized carbons (Fsp3) is 0.0500. The van der Waals surface area contributed by atoms with Crippen molar-refractivity contribution in [2.45, 2.75) is 0 Å². The second kappa shape index (κ2) is 8.61. The third kappa shape index (κ3) is 4.53. The van der Waals surface area contributed by atoms with Crippen molar-refractivity contribution in [2.24, 2.45) is 5.10 Å². The smallest absolute Gasteiger partial charge is 0.329 e. The van der Waals surface area contributed by atoms with Gasteiger partial charge in [-0.05, 0) is 23.6 Å². The summed E-state index contributed by atoms with van der Waals surface area (Å²) in [4.78, 5) is 34.5. The molecular weight excluding hydrogens is 376 g/mol. The average Bonchev–Trinajstić information content (AvgIpc) is 2.73. The largest absolute Gasteiger partial charge is 0.490 e. The Morgan fingerprint density at radius 1 is 1.07 bits per heavy atom. The van der Waals surface area contributed by atoms with Gasteiger partial charge in [-0.1, -0.05) is 36.4 Å². The van der Waals surface area contributed by atoms with Gasteiger partial charge >= 0.3 is 17.5 Å². The molecule has 2 amide bonds. The number of carbonyl (C=O) groups excluding carboxylic acids is 2. The third-order valence-electron chi connectivity index (χ3n) is 4.02. The van der Waals surface area contributed by atoms with E-state index in [1.807, 2.05) is 30.3 Å². The number of anilines is 1. The number of nitro benzene ring substituents is 1. The first-order valence-electron chi connectivity index (χ1n) is 8.44. The van der Waals surface area contributed by atoms with Gasteiger partial charge in [-0.3, -0.25) is 19.7 Å². The Hall–Kier alpha value is -4.27. The van der Waals surface area contributed by atoms with E-state index in [9.17, 15) is 19.7 Å². The molecule has 0 saturated carbocycles. The number of nitro groups is 1. The summed E-state index contributed by atoms with van der Waals surface area (Å²) in [6, 6.07) is 17.0. The van der Waals surface area contributed by atoms with Gasteiger partial charge in [0.05, 0.1) is 18.2 Å². The van der Waals surface area contributed by atoms with Crippen LogP contribution in [0.4, 0.5) is 11.4 Å². The van der Waals surface area contributed by atoms with Gasteiger partial charge in [-0.25, -0.2) is 5.43 Å². The van der Waals surface area contributed by atoms with E-state index in [1.54, 1.807) is 12.1 Å². The molecule has 0 fully saturated rings. The van der Waals surface area contributed by atoms with E-state index in [0.29, 0.717) is 11.3 Å². The number of amides is 2. The van der Waals surface area contributed by atoms with Crippen molar-refractivity contribution in [3.05, 3.63) is 76.3 Å². The van der Waals surface area contributed by atoms with Crippen LogP contribution >= 0.6 is 0 Å². The highest BCUT2D eigenvalue weighted by atomic mass is 16.6. The van der Waals surface area contributed by atoms with Crippen LogP contribution in [-0.2, 0) is 9.59 Å². The van der Waals surface area contributed by atoms with Crippen LogP contribution in [0, 0.1) is 10.1 Å². The van der Waals surface area contributed by atoms with Crippen molar-refractivity contribution < 1.29 is 19.2 Å². The molecule has 0 aliphatic heterocycles. The molecule has 0 saturated heterocycles. The number of hydrogen-bond donors (Lipinski definition) is 2. The van der Waals surface area contributed by atoms with E-state index in [-0.39, 0.29) is 11.4 Å². The first-order valence-corrected chi connectivity index (χ1v) is 8.44. The molecule has 2 N–H and O–H groups in total. The van der Waals surface area contributed by atoms with E-state index in [4.69, 9.17) is 4.74 Å². The van der Waals surface area contributed by atoms with Crippen molar-refractivity contribution in [1.82, 2.24) is 5.43 Å². The van der Waals surface area contributed by atoms with Crippen LogP contribution < -0.4 is 15.5 Å². The quantitative estimate of drug-likeness (QED) is 0.299. The summed E-state index contributed by atoms with van der Waals surface area (Å²) in [6.45, 7) is 0. The lowest BCUT2D eigenvalue weighted by Crippen LogP contribution is -2.32. The van der Waals surface area contributed by atoms with Crippen LogP contribution in [-0.4, -0.2) is 30.1 Å². The number of nitrogens with zero attached hydrogens (tertiary/aromatic N) is 2. The van der Waals surface area contributed by atoms with E-state index >= 15 is 0 Å². The lowest BCUT2D eigenvalue weighted by Gasteiger charge is -2.07. The Bertz CT molecular complexity index is 1120. The minimum atomic E-state index is -0.975. The van der Waals surface area contributed by atoms with Gasteiger partial charge in [0.1, 0.15) is 0 Å². The first kappa shape index (κ1) is 19.5. The number of ether oxygens (including phenoxy) is 1. The predicted octanol–water partition coefficient (Wildman–Crippen LogP) is 2.85. The van der Waals surface area contributed by atoms with Gasteiger partial charge in [0.2, 0.25) is 0 Å². The van der Waals surface area contributed by atoms with Crippen LogP contribution in [0.15, 0.2) is 65.8 Å². The number of methoxy groups -OCH3 is 1. The van der Waals surface area contributed by atoms with Crippen molar-refractivity contribution in [3.63, 3.8) is 0 Å². The summed E-state index contributed by atoms with van der Waals surface area (Å²) >= 11 is 0.